The van der Waals surface area contributed by atoms with Crippen LogP contribution in [0.4, 0.5) is 0 Å². The van der Waals surface area contributed by atoms with Crippen LogP contribution in [0.25, 0.3) is 0 Å². The molecule has 92 valence electrons. The minimum Gasteiger partial charge on any atom is -0.358 e. The largest absolute Gasteiger partial charge is 0.358 e. The van der Waals surface area contributed by atoms with Crippen LogP contribution in [-0.2, 0) is 4.79 Å². The van der Waals surface area contributed by atoms with Gasteiger partial charge in [-0.25, -0.2) is 0 Å². The molecule has 2 fully saturated rings. The van der Waals surface area contributed by atoms with E-state index >= 15 is 0 Å². The summed E-state index contributed by atoms with van der Waals surface area (Å²) in [6.07, 6.45) is 6.78. The molecule has 4 nitrogen and oxygen atoms in total. The molecule has 1 amide bonds. The number of hydrogen-bond acceptors (Lipinski definition) is 3. The molecular formula is C12H23N3O. The van der Waals surface area contributed by atoms with Gasteiger partial charge in [-0.3, -0.25) is 9.69 Å². The monoisotopic (exact) mass is 225 g/mol. The van der Waals surface area contributed by atoms with Crippen molar-refractivity contribution < 1.29 is 4.79 Å². The van der Waals surface area contributed by atoms with Crippen molar-refractivity contribution in [1.82, 2.24) is 10.2 Å². The van der Waals surface area contributed by atoms with E-state index in [2.05, 4.69) is 10.2 Å². The number of likely N-dealkylation sites (N-methyl/N-ethyl adjacent to an activating group) is 1. The molecule has 0 aromatic rings. The molecule has 4 heteroatoms. The maximum atomic E-state index is 11.8. The van der Waals surface area contributed by atoms with E-state index in [1.165, 1.54) is 12.8 Å². The van der Waals surface area contributed by atoms with Gasteiger partial charge in [0.2, 0.25) is 5.91 Å². The second kappa shape index (κ2) is 5.15. The molecule has 1 saturated carbocycles. The Kier molecular flexibility index (Phi) is 3.82. The quantitative estimate of drug-likeness (QED) is 0.718. The van der Waals surface area contributed by atoms with E-state index < -0.39 is 0 Å². The molecule has 0 bridgehead atoms. The van der Waals surface area contributed by atoms with E-state index in [-0.39, 0.29) is 11.9 Å². The smallest absolute Gasteiger partial charge is 0.237 e. The fourth-order valence-corrected chi connectivity index (χ4v) is 3.18. The molecule has 0 radical (unpaired) electrons. The fourth-order valence-electron chi connectivity index (χ4n) is 3.18. The number of nitrogens with two attached hydrogens (primary N) is 1. The second-order valence-corrected chi connectivity index (χ2v) is 5.09. The molecule has 0 aromatic heterocycles. The highest BCUT2D eigenvalue weighted by atomic mass is 16.2. The lowest BCUT2D eigenvalue weighted by Gasteiger charge is -2.36. The summed E-state index contributed by atoms with van der Waals surface area (Å²) in [4.78, 5) is 14.2. The van der Waals surface area contributed by atoms with Gasteiger partial charge in [-0.15, -0.1) is 0 Å². The molecule has 3 N–H and O–H groups in total. The maximum absolute atomic E-state index is 11.8. The molecule has 0 spiro atoms. The Morgan fingerprint density at radius 3 is 2.81 bits per heavy atom. The highest BCUT2D eigenvalue weighted by Crippen LogP contribution is 2.28. The normalized spacial score (nSPS) is 36.2. The standard InChI is InChI=1S/C12H23N3O/c1-14-12(16)11-6-3-7-15(11)10-5-2-4-9(13)8-10/h9-11H,2-8,13H2,1H3,(H,14,16). The zero-order chi connectivity index (χ0) is 11.5. The molecule has 1 aliphatic heterocycles. The van der Waals surface area contributed by atoms with Crippen LogP contribution in [0.2, 0.25) is 0 Å². The van der Waals surface area contributed by atoms with Gasteiger partial charge in [-0.2, -0.15) is 0 Å². The first-order valence-electron chi connectivity index (χ1n) is 6.45. The van der Waals surface area contributed by atoms with Gasteiger partial charge in [-0.1, -0.05) is 6.42 Å². The van der Waals surface area contributed by atoms with E-state index in [9.17, 15) is 4.79 Å². The minimum absolute atomic E-state index is 0.0975. The Morgan fingerprint density at radius 2 is 2.12 bits per heavy atom. The summed E-state index contributed by atoms with van der Waals surface area (Å²) in [5.74, 6) is 0.177. The van der Waals surface area contributed by atoms with Crippen LogP contribution < -0.4 is 11.1 Å². The zero-order valence-corrected chi connectivity index (χ0v) is 10.1. The Morgan fingerprint density at radius 1 is 1.31 bits per heavy atom. The summed E-state index contributed by atoms with van der Waals surface area (Å²) in [6.45, 7) is 1.06. The first-order valence-corrected chi connectivity index (χ1v) is 6.45. The van der Waals surface area contributed by atoms with Crippen LogP contribution in [0.15, 0.2) is 0 Å². The van der Waals surface area contributed by atoms with Crippen molar-refractivity contribution in [2.24, 2.45) is 5.73 Å². The maximum Gasteiger partial charge on any atom is 0.237 e. The number of rotatable bonds is 2. The molecule has 0 aromatic carbocycles. The Hall–Kier alpha value is -0.610. The number of nitrogens with zero attached hydrogens (tertiary/aromatic N) is 1. The van der Waals surface area contributed by atoms with Gasteiger partial charge >= 0.3 is 0 Å². The van der Waals surface area contributed by atoms with Gasteiger partial charge in [-0.05, 0) is 38.6 Å². The number of nitrogens with one attached hydrogen (secondary N) is 1. The summed E-state index contributed by atoms with van der Waals surface area (Å²) >= 11 is 0. The third-order valence-electron chi connectivity index (χ3n) is 4.00. The molecule has 1 heterocycles. The van der Waals surface area contributed by atoms with Gasteiger partial charge < -0.3 is 11.1 Å². The average Bonchev–Trinajstić information content (AvgIpc) is 2.77. The lowest BCUT2D eigenvalue weighted by molar-refractivity contribution is -0.126. The van der Waals surface area contributed by atoms with Crippen molar-refractivity contribution in [2.45, 2.75) is 56.7 Å². The van der Waals surface area contributed by atoms with Crippen molar-refractivity contribution in [3.63, 3.8) is 0 Å². The Balaban J connectivity index is 1.99. The summed E-state index contributed by atoms with van der Waals surface area (Å²) in [6, 6.07) is 0.971. The average molecular weight is 225 g/mol. The van der Waals surface area contributed by atoms with Crippen molar-refractivity contribution in [3.05, 3.63) is 0 Å². The van der Waals surface area contributed by atoms with Crippen LogP contribution >= 0.6 is 0 Å². The summed E-state index contributed by atoms with van der Waals surface area (Å²) in [5, 5.41) is 2.78. The number of amides is 1. The van der Waals surface area contributed by atoms with Crippen molar-refractivity contribution in [1.29, 1.82) is 0 Å². The van der Waals surface area contributed by atoms with Crippen LogP contribution in [0.5, 0.6) is 0 Å². The van der Waals surface area contributed by atoms with Gasteiger partial charge in [0.15, 0.2) is 0 Å². The molecule has 16 heavy (non-hydrogen) atoms. The van der Waals surface area contributed by atoms with Crippen molar-refractivity contribution in [3.8, 4) is 0 Å². The van der Waals surface area contributed by atoms with E-state index in [4.69, 9.17) is 5.73 Å². The molecular weight excluding hydrogens is 202 g/mol. The summed E-state index contributed by atoms with van der Waals surface area (Å²) in [7, 11) is 1.73. The topological polar surface area (TPSA) is 58.4 Å². The van der Waals surface area contributed by atoms with Crippen LogP contribution in [-0.4, -0.2) is 42.5 Å². The van der Waals surface area contributed by atoms with E-state index in [0.717, 1.165) is 32.2 Å². The van der Waals surface area contributed by atoms with Crippen LogP contribution in [0.1, 0.15) is 38.5 Å². The lowest BCUT2D eigenvalue weighted by Crippen LogP contribution is -2.49. The molecule has 2 rings (SSSR count). The van der Waals surface area contributed by atoms with Gasteiger partial charge in [0, 0.05) is 19.1 Å². The van der Waals surface area contributed by atoms with Crippen molar-refractivity contribution in [2.75, 3.05) is 13.6 Å². The highest BCUT2D eigenvalue weighted by Gasteiger charge is 2.36. The highest BCUT2D eigenvalue weighted by molar-refractivity contribution is 5.81. The van der Waals surface area contributed by atoms with Crippen LogP contribution in [0, 0.1) is 0 Å². The zero-order valence-electron chi connectivity index (χ0n) is 10.1. The Labute approximate surface area is 97.6 Å². The first-order chi connectivity index (χ1) is 7.72. The number of carbonyl (C=O) groups is 1. The third-order valence-corrected chi connectivity index (χ3v) is 4.00. The van der Waals surface area contributed by atoms with Crippen LogP contribution in [0.3, 0.4) is 0 Å². The summed E-state index contributed by atoms with van der Waals surface area (Å²) < 4.78 is 0. The SMILES string of the molecule is CNC(=O)C1CCCN1C1CCCC(N)C1. The van der Waals surface area contributed by atoms with E-state index in [1.54, 1.807) is 7.05 Å². The van der Waals surface area contributed by atoms with E-state index in [0.29, 0.717) is 12.1 Å². The number of likely N-dealkylation sites (tertiary alicyclic amines) is 1. The van der Waals surface area contributed by atoms with Gasteiger partial charge in [0.05, 0.1) is 6.04 Å². The molecule has 1 saturated heterocycles. The molecule has 3 unspecified atom stereocenters. The fraction of sp³-hybridized carbons (Fsp3) is 0.917. The lowest BCUT2D eigenvalue weighted by atomic mass is 9.90. The van der Waals surface area contributed by atoms with Crippen molar-refractivity contribution >= 4 is 5.91 Å². The predicted molar refractivity (Wildman–Crippen MR) is 64.0 cm³/mol. The minimum atomic E-state index is 0.0975. The van der Waals surface area contributed by atoms with Gasteiger partial charge in [0.25, 0.3) is 0 Å². The van der Waals surface area contributed by atoms with Gasteiger partial charge in [0.1, 0.15) is 0 Å². The Bertz CT molecular complexity index is 257. The number of hydrogen-bond donors (Lipinski definition) is 2. The predicted octanol–water partition coefficient (Wildman–Crippen LogP) is 0.467. The third kappa shape index (κ3) is 2.38. The molecule has 1 aliphatic carbocycles. The molecule has 3 atom stereocenters. The second-order valence-electron chi connectivity index (χ2n) is 5.09. The number of carbonyl (C=O) groups excluding carboxylic acids is 1. The molecule has 2 aliphatic rings. The first kappa shape index (κ1) is 11.9. The summed E-state index contributed by atoms with van der Waals surface area (Å²) in [5.41, 5.74) is 6.02. The van der Waals surface area contributed by atoms with E-state index in [1.807, 2.05) is 0 Å².